The summed E-state index contributed by atoms with van der Waals surface area (Å²) in [5, 5.41) is 3.22. The number of hydrogen-bond acceptors (Lipinski definition) is 3. The Labute approximate surface area is 121 Å². The highest BCUT2D eigenvalue weighted by Crippen LogP contribution is 2.33. The van der Waals surface area contributed by atoms with Crippen molar-refractivity contribution in [2.45, 2.75) is 19.4 Å². The first kappa shape index (κ1) is 14.9. The summed E-state index contributed by atoms with van der Waals surface area (Å²) in [4.78, 5) is 0. The molecule has 1 saturated heterocycles. The van der Waals surface area contributed by atoms with Crippen LogP contribution in [0.15, 0.2) is 22.7 Å². The first-order valence-electron chi connectivity index (χ1n) is 6.31. The summed E-state index contributed by atoms with van der Waals surface area (Å²) < 4.78 is 38.0. The van der Waals surface area contributed by atoms with Gasteiger partial charge in [-0.2, -0.15) is 0 Å². The van der Waals surface area contributed by atoms with Crippen molar-refractivity contribution in [3.63, 3.8) is 0 Å². The minimum Gasteiger partial charge on any atom is -0.310 e. The summed E-state index contributed by atoms with van der Waals surface area (Å²) in [6.07, 6.45) is 0.589. The summed E-state index contributed by atoms with van der Waals surface area (Å²) in [6.45, 7) is 2.61. The second kappa shape index (κ2) is 5.89. The highest BCUT2D eigenvalue weighted by Gasteiger charge is 2.35. The fourth-order valence-corrected chi connectivity index (χ4v) is 4.81. The van der Waals surface area contributed by atoms with Gasteiger partial charge in [-0.25, -0.2) is 12.8 Å². The molecule has 19 heavy (non-hydrogen) atoms. The van der Waals surface area contributed by atoms with Crippen LogP contribution in [-0.4, -0.2) is 26.5 Å². The highest BCUT2D eigenvalue weighted by molar-refractivity contribution is 9.10. The Morgan fingerprint density at radius 3 is 2.84 bits per heavy atom. The molecule has 0 bridgehead atoms. The zero-order valence-corrected chi connectivity index (χ0v) is 13.1. The average molecular weight is 350 g/mol. The number of nitrogens with one attached hydrogen (secondary N) is 1. The molecule has 1 N–H and O–H groups in total. The second-order valence-electron chi connectivity index (χ2n) is 4.86. The molecule has 0 spiro atoms. The van der Waals surface area contributed by atoms with Crippen LogP contribution in [0.5, 0.6) is 0 Å². The predicted molar refractivity (Wildman–Crippen MR) is 77.3 cm³/mol. The minimum atomic E-state index is -2.96. The van der Waals surface area contributed by atoms with E-state index in [2.05, 4.69) is 21.2 Å². The van der Waals surface area contributed by atoms with Gasteiger partial charge in [-0.15, -0.1) is 0 Å². The number of hydrogen-bond donors (Lipinski definition) is 1. The van der Waals surface area contributed by atoms with Gasteiger partial charge in [0.2, 0.25) is 0 Å². The van der Waals surface area contributed by atoms with Crippen molar-refractivity contribution in [2.75, 3.05) is 18.1 Å². The van der Waals surface area contributed by atoms with Gasteiger partial charge in [0.15, 0.2) is 9.84 Å². The van der Waals surface area contributed by atoms with E-state index >= 15 is 0 Å². The molecule has 3 nitrogen and oxygen atoms in total. The topological polar surface area (TPSA) is 46.2 Å². The SMILES string of the molecule is CCNC(c1cc(Br)ccc1F)C1CCS(=O)(=O)C1. The molecule has 1 aromatic carbocycles. The lowest BCUT2D eigenvalue weighted by Crippen LogP contribution is -2.29. The van der Waals surface area contributed by atoms with E-state index in [1.807, 2.05) is 6.92 Å². The summed E-state index contributed by atoms with van der Waals surface area (Å²) in [7, 11) is -2.96. The maximum Gasteiger partial charge on any atom is 0.150 e. The number of halogens is 2. The van der Waals surface area contributed by atoms with Crippen LogP contribution in [0, 0.1) is 11.7 Å². The zero-order chi connectivity index (χ0) is 14.0. The third-order valence-electron chi connectivity index (χ3n) is 3.46. The molecule has 2 unspecified atom stereocenters. The van der Waals surface area contributed by atoms with Crippen LogP contribution >= 0.6 is 15.9 Å². The van der Waals surface area contributed by atoms with Crippen molar-refractivity contribution in [2.24, 2.45) is 5.92 Å². The van der Waals surface area contributed by atoms with Crippen LogP contribution in [0.4, 0.5) is 4.39 Å². The van der Waals surface area contributed by atoms with Crippen molar-refractivity contribution in [1.82, 2.24) is 5.32 Å². The smallest absolute Gasteiger partial charge is 0.150 e. The van der Waals surface area contributed by atoms with Crippen molar-refractivity contribution in [3.05, 3.63) is 34.1 Å². The van der Waals surface area contributed by atoms with Gasteiger partial charge in [-0.05, 0) is 37.1 Å². The van der Waals surface area contributed by atoms with E-state index in [0.29, 0.717) is 18.5 Å². The van der Waals surface area contributed by atoms with E-state index in [4.69, 9.17) is 0 Å². The number of benzene rings is 1. The van der Waals surface area contributed by atoms with Gasteiger partial charge in [0.25, 0.3) is 0 Å². The Bertz CT molecular complexity index is 562. The van der Waals surface area contributed by atoms with E-state index in [1.165, 1.54) is 6.07 Å². The molecule has 1 aliphatic heterocycles. The molecule has 1 aliphatic rings. The van der Waals surface area contributed by atoms with Crippen LogP contribution < -0.4 is 5.32 Å². The Kier molecular flexibility index (Phi) is 4.63. The molecule has 0 amide bonds. The van der Waals surface area contributed by atoms with Gasteiger partial charge in [-0.3, -0.25) is 0 Å². The van der Waals surface area contributed by atoms with Crippen LogP contribution in [0.1, 0.15) is 24.9 Å². The molecule has 1 aromatic rings. The van der Waals surface area contributed by atoms with Crippen molar-refractivity contribution < 1.29 is 12.8 Å². The van der Waals surface area contributed by atoms with Crippen LogP contribution in [0.25, 0.3) is 0 Å². The van der Waals surface area contributed by atoms with Gasteiger partial charge in [-0.1, -0.05) is 22.9 Å². The molecular weight excluding hydrogens is 333 g/mol. The quantitative estimate of drug-likeness (QED) is 0.908. The Hall–Kier alpha value is -0.460. The van der Waals surface area contributed by atoms with E-state index in [9.17, 15) is 12.8 Å². The first-order valence-corrected chi connectivity index (χ1v) is 8.93. The molecule has 0 aromatic heterocycles. The molecule has 0 saturated carbocycles. The highest BCUT2D eigenvalue weighted by atomic mass is 79.9. The van der Waals surface area contributed by atoms with E-state index in [0.717, 1.165) is 4.47 Å². The fourth-order valence-electron chi connectivity index (χ4n) is 2.59. The number of rotatable bonds is 4. The van der Waals surface area contributed by atoms with Crippen LogP contribution in [-0.2, 0) is 9.84 Å². The van der Waals surface area contributed by atoms with Crippen LogP contribution in [0.3, 0.4) is 0 Å². The maximum atomic E-state index is 14.0. The molecule has 0 aliphatic carbocycles. The summed E-state index contributed by atoms with van der Waals surface area (Å²) in [6, 6.07) is 4.54. The third kappa shape index (κ3) is 3.55. The van der Waals surface area contributed by atoms with Crippen LogP contribution in [0.2, 0.25) is 0 Å². The zero-order valence-electron chi connectivity index (χ0n) is 10.7. The van der Waals surface area contributed by atoms with Gasteiger partial charge >= 0.3 is 0 Å². The third-order valence-corrected chi connectivity index (χ3v) is 5.74. The van der Waals surface area contributed by atoms with Gasteiger partial charge in [0.05, 0.1) is 11.5 Å². The predicted octanol–water partition coefficient (Wildman–Crippen LogP) is 2.67. The molecule has 2 rings (SSSR count). The standard InChI is InChI=1S/C13H17BrFNO2S/c1-2-16-13(9-5-6-19(17,18)8-9)11-7-10(14)3-4-12(11)15/h3-4,7,9,13,16H,2,5-6,8H2,1H3. The molecular formula is C13H17BrFNO2S. The lowest BCUT2D eigenvalue weighted by atomic mass is 9.92. The summed E-state index contributed by atoms with van der Waals surface area (Å²) >= 11 is 3.33. The minimum absolute atomic E-state index is 0.0613. The van der Waals surface area contributed by atoms with Gasteiger partial charge in [0.1, 0.15) is 5.82 Å². The molecule has 6 heteroatoms. The largest absolute Gasteiger partial charge is 0.310 e. The van der Waals surface area contributed by atoms with Gasteiger partial charge in [0, 0.05) is 16.1 Å². The maximum absolute atomic E-state index is 14.0. The summed E-state index contributed by atoms with van der Waals surface area (Å²) in [5.74, 6) is -0.0154. The Morgan fingerprint density at radius 2 is 2.26 bits per heavy atom. The average Bonchev–Trinajstić information content (AvgIpc) is 2.70. The van der Waals surface area contributed by atoms with E-state index in [1.54, 1.807) is 12.1 Å². The van der Waals surface area contributed by atoms with Crippen molar-refractivity contribution in [1.29, 1.82) is 0 Å². The lowest BCUT2D eigenvalue weighted by Gasteiger charge is -2.24. The number of sulfone groups is 1. The lowest BCUT2D eigenvalue weighted by molar-refractivity contribution is 0.386. The second-order valence-corrected chi connectivity index (χ2v) is 8.01. The van der Waals surface area contributed by atoms with E-state index in [-0.39, 0.29) is 29.3 Å². The Balaban J connectivity index is 2.32. The molecule has 1 fully saturated rings. The molecule has 1 heterocycles. The van der Waals surface area contributed by atoms with E-state index < -0.39 is 9.84 Å². The fraction of sp³-hybridized carbons (Fsp3) is 0.538. The monoisotopic (exact) mass is 349 g/mol. The first-order chi connectivity index (χ1) is 8.93. The molecule has 0 radical (unpaired) electrons. The normalized spacial score (nSPS) is 23.4. The Morgan fingerprint density at radius 1 is 1.53 bits per heavy atom. The molecule has 106 valence electrons. The van der Waals surface area contributed by atoms with Crippen molar-refractivity contribution in [3.8, 4) is 0 Å². The van der Waals surface area contributed by atoms with Gasteiger partial charge < -0.3 is 5.32 Å². The van der Waals surface area contributed by atoms with Crippen molar-refractivity contribution >= 4 is 25.8 Å². The summed E-state index contributed by atoms with van der Waals surface area (Å²) in [5.41, 5.74) is 0.540. The molecule has 2 atom stereocenters.